The lowest BCUT2D eigenvalue weighted by atomic mass is 10.1. The van der Waals surface area contributed by atoms with Crippen LogP contribution >= 0.6 is 0 Å². The van der Waals surface area contributed by atoms with Crippen LogP contribution in [0, 0.1) is 20.8 Å². The smallest absolute Gasteiger partial charge is 0.338 e. The molecule has 2 rings (SSSR count). The molecule has 120 valence electrons. The lowest BCUT2D eigenvalue weighted by Gasteiger charge is -2.09. The van der Waals surface area contributed by atoms with Crippen LogP contribution in [0.3, 0.4) is 0 Å². The van der Waals surface area contributed by atoms with Gasteiger partial charge in [-0.3, -0.25) is 4.79 Å². The summed E-state index contributed by atoms with van der Waals surface area (Å²) in [6.45, 7) is 5.94. The van der Waals surface area contributed by atoms with E-state index in [-0.39, 0.29) is 12.5 Å². The van der Waals surface area contributed by atoms with Crippen molar-refractivity contribution in [3.8, 4) is 0 Å². The number of carbonyl (C=O) groups is 2. The second kappa shape index (κ2) is 7.58. The summed E-state index contributed by atoms with van der Waals surface area (Å²) in [5.41, 5.74) is 4.56. The van der Waals surface area contributed by atoms with Crippen molar-refractivity contribution >= 4 is 11.9 Å². The number of hydrogen-bond donors (Lipinski definition) is 1. The molecule has 2 aromatic carbocycles. The zero-order chi connectivity index (χ0) is 16.8. The van der Waals surface area contributed by atoms with Crippen molar-refractivity contribution < 1.29 is 14.3 Å². The number of ether oxygens (including phenoxy) is 1. The van der Waals surface area contributed by atoms with Gasteiger partial charge in [0.1, 0.15) is 0 Å². The van der Waals surface area contributed by atoms with Gasteiger partial charge in [0.25, 0.3) is 5.91 Å². The zero-order valence-corrected chi connectivity index (χ0v) is 13.7. The number of benzene rings is 2. The molecule has 0 aliphatic heterocycles. The Balaban J connectivity index is 1.83. The van der Waals surface area contributed by atoms with E-state index in [1.165, 1.54) is 0 Å². The van der Waals surface area contributed by atoms with Crippen LogP contribution in [0.5, 0.6) is 0 Å². The molecule has 0 atom stereocenters. The van der Waals surface area contributed by atoms with E-state index in [9.17, 15) is 9.59 Å². The molecule has 0 fully saturated rings. The van der Waals surface area contributed by atoms with Crippen molar-refractivity contribution in [2.75, 3.05) is 6.61 Å². The van der Waals surface area contributed by atoms with Crippen molar-refractivity contribution in [3.05, 3.63) is 70.3 Å². The summed E-state index contributed by atoms with van der Waals surface area (Å²) in [6.07, 6.45) is 0. The Labute approximate surface area is 136 Å². The fourth-order valence-corrected chi connectivity index (χ4v) is 2.33. The van der Waals surface area contributed by atoms with E-state index in [1.54, 1.807) is 6.07 Å². The summed E-state index contributed by atoms with van der Waals surface area (Å²) in [5.74, 6) is -0.794. The average molecular weight is 311 g/mol. The van der Waals surface area contributed by atoms with Crippen molar-refractivity contribution in [3.63, 3.8) is 0 Å². The van der Waals surface area contributed by atoms with Gasteiger partial charge >= 0.3 is 5.97 Å². The van der Waals surface area contributed by atoms with Crippen LogP contribution in [-0.4, -0.2) is 18.5 Å². The molecule has 23 heavy (non-hydrogen) atoms. The first-order chi connectivity index (χ1) is 11.0. The molecule has 0 aromatic heterocycles. The van der Waals surface area contributed by atoms with Crippen LogP contribution < -0.4 is 5.32 Å². The summed E-state index contributed by atoms with van der Waals surface area (Å²) in [6, 6.07) is 13.4. The monoisotopic (exact) mass is 311 g/mol. The molecule has 1 amide bonds. The maximum atomic E-state index is 12.0. The van der Waals surface area contributed by atoms with E-state index in [2.05, 4.69) is 5.32 Å². The third-order valence-corrected chi connectivity index (χ3v) is 3.51. The molecule has 0 aliphatic rings. The van der Waals surface area contributed by atoms with Gasteiger partial charge < -0.3 is 10.1 Å². The Morgan fingerprint density at radius 3 is 2.43 bits per heavy atom. The predicted octanol–water partition coefficient (Wildman–Crippen LogP) is 3.09. The molecule has 4 nitrogen and oxygen atoms in total. The van der Waals surface area contributed by atoms with Gasteiger partial charge in [0.15, 0.2) is 6.61 Å². The number of amides is 1. The van der Waals surface area contributed by atoms with E-state index < -0.39 is 5.97 Å². The second-order valence-electron chi connectivity index (χ2n) is 5.66. The van der Waals surface area contributed by atoms with Gasteiger partial charge in [-0.25, -0.2) is 4.79 Å². The zero-order valence-electron chi connectivity index (χ0n) is 13.7. The molecular formula is C19H21NO3. The van der Waals surface area contributed by atoms with Crippen molar-refractivity contribution in [2.24, 2.45) is 0 Å². The lowest BCUT2D eigenvalue weighted by molar-refractivity contribution is -0.124. The molecule has 0 spiro atoms. The lowest BCUT2D eigenvalue weighted by Crippen LogP contribution is -2.28. The van der Waals surface area contributed by atoms with Crippen LogP contribution in [0.15, 0.2) is 42.5 Å². The van der Waals surface area contributed by atoms with Gasteiger partial charge in [0.05, 0.1) is 5.56 Å². The van der Waals surface area contributed by atoms with Gasteiger partial charge in [0.2, 0.25) is 0 Å². The summed E-state index contributed by atoms with van der Waals surface area (Å²) in [4.78, 5) is 23.8. The van der Waals surface area contributed by atoms with E-state index in [1.807, 2.05) is 57.2 Å². The third kappa shape index (κ3) is 4.95. The molecule has 2 aromatic rings. The number of hydrogen-bond acceptors (Lipinski definition) is 3. The minimum absolute atomic E-state index is 0.280. The van der Waals surface area contributed by atoms with Crippen molar-refractivity contribution in [1.82, 2.24) is 5.32 Å². The van der Waals surface area contributed by atoms with Gasteiger partial charge in [-0.1, -0.05) is 47.5 Å². The van der Waals surface area contributed by atoms with Crippen molar-refractivity contribution in [1.29, 1.82) is 0 Å². The molecule has 0 saturated carbocycles. The highest BCUT2D eigenvalue weighted by Gasteiger charge is 2.12. The second-order valence-corrected chi connectivity index (χ2v) is 5.66. The Morgan fingerprint density at radius 1 is 1.00 bits per heavy atom. The first kappa shape index (κ1) is 16.7. The number of rotatable bonds is 5. The molecule has 1 N–H and O–H groups in total. The number of aryl methyl sites for hydroxylation is 3. The van der Waals surface area contributed by atoms with E-state index in [0.717, 1.165) is 22.3 Å². The van der Waals surface area contributed by atoms with Gasteiger partial charge in [-0.15, -0.1) is 0 Å². The largest absolute Gasteiger partial charge is 0.452 e. The molecule has 4 heteroatoms. The van der Waals surface area contributed by atoms with Crippen LogP contribution in [0.2, 0.25) is 0 Å². The normalized spacial score (nSPS) is 10.2. The maximum Gasteiger partial charge on any atom is 0.338 e. The highest BCUT2D eigenvalue weighted by atomic mass is 16.5. The summed E-state index contributed by atoms with van der Waals surface area (Å²) >= 11 is 0. The SMILES string of the molecule is Cc1cccc(CNC(=O)COC(=O)c2ccc(C)cc2C)c1. The van der Waals surface area contributed by atoms with Gasteiger partial charge in [0, 0.05) is 6.54 Å². The number of nitrogens with one attached hydrogen (secondary N) is 1. The van der Waals surface area contributed by atoms with E-state index >= 15 is 0 Å². The average Bonchev–Trinajstić information content (AvgIpc) is 2.50. The topological polar surface area (TPSA) is 55.4 Å². The maximum absolute atomic E-state index is 12.0. The van der Waals surface area contributed by atoms with Crippen LogP contribution in [0.4, 0.5) is 0 Å². The molecule has 0 radical (unpaired) electrons. The highest BCUT2D eigenvalue weighted by molar-refractivity contribution is 5.92. The first-order valence-electron chi connectivity index (χ1n) is 7.52. The Kier molecular flexibility index (Phi) is 5.52. The Bertz CT molecular complexity index is 722. The quantitative estimate of drug-likeness (QED) is 0.863. The standard InChI is InChI=1S/C19H21NO3/c1-13-5-4-6-16(10-13)11-20-18(21)12-23-19(22)17-8-7-14(2)9-15(17)3/h4-10H,11-12H2,1-3H3,(H,20,21). The summed E-state index contributed by atoms with van der Waals surface area (Å²) < 4.78 is 5.07. The van der Waals surface area contributed by atoms with Gasteiger partial charge in [-0.05, 0) is 38.0 Å². The van der Waals surface area contributed by atoms with Crippen LogP contribution in [0.25, 0.3) is 0 Å². The minimum Gasteiger partial charge on any atom is -0.452 e. The Hall–Kier alpha value is -2.62. The van der Waals surface area contributed by atoms with Crippen molar-refractivity contribution in [2.45, 2.75) is 27.3 Å². The molecule has 0 aliphatic carbocycles. The minimum atomic E-state index is -0.479. The third-order valence-electron chi connectivity index (χ3n) is 3.51. The molecule has 0 heterocycles. The Morgan fingerprint density at radius 2 is 1.74 bits per heavy atom. The van der Waals surface area contributed by atoms with E-state index in [0.29, 0.717) is 12.1 Å². The molecule has 0 unspecified atom stereocenters. The first-order valence-corrected chi connectivity index (χ1v) is 7.52. The van der Waals surface area contributed by atoms with Gasteiger partial charge in [-0.2, -0.15) is 0 Å². The fourth-order valence-electron chi connectivity index (χ4n) is 2.33. The fraction of sp³-hybridized carbons (Fsp3) is 0.263. The number of esters is 1. The van der Waals surface area contributed by atoms with E-state index in [4.69, 9.17) is 4.74 Å². The number of carbonyl (C=O) groups excluding carboxylic acids is 2. The molecule has 0 bridgehead atoms. The molecule has 0 saturated heterocycles. The predicted molar refractivity (Wildman–Crippen MR) is 89.2 cm³/mol. The molecular weight excluding hydrogens is 290 g/mol. The van der Waals surface area contributed by atoms with Crippen LogP contribution in [0.1, 0.15) is 32.6 Å². The summed E-state index contributed by atoms with van der Waals surface area (Å²) in [5, 5.41) is 2.74. The van der Waals surface area contributed by atoms with Crippen LogP contribution in [-0.2, 0) is 16.1 Å². The summed E-state index contributed by atoms with van der Waals surface area (Å²) in [7, 11) is 0. The highest BCUT2D eigenvalue weighted by Crippen LogP contribution is 2.11.